The number of halogens is 1. The number of fused-ring (bicyclic) bond motifs is 1. The van der Waals surface area contributed by atoms with Gasteiger partial charge in [-0.15, -0.1) is 0 Å². The summed E-state index contributed by atoms with van der Waals surface area (Å²) < 4.78 is 0.955. The summed E-state index contributed by atoms with van der Waals surface area (Å²) in [6.45, 7) is 2.79. The Morgan fingerprint density at radius 3 is 3.13 bits per heavy atom. The number of nitrogens with two attached hydrogens (primary N) is 1. The van der Waals surface area contributed by atoms with E-state index < -0.39 is 0 Å². The zero-order valence-electron chi connectivity index (χ0n) is 8.50. The molecule has 0 fully saturated rings. The maximum absolute atomic E-state index is 5.52. The van der Waals surface area contributed by atoms with Crippen molar-refractivity contribution in [2.24, 2.45) is 5.73 Å². The van der Waals surface area contributed by atoms with E-state index in [0.717, 1.165) is 27.9 Å². The van der Waals surface area contributed by atoms with Crippen LogP contribution in [0.3, 0.4) is 0 Å². The molecule has 2 heterocycles. The molecule has 0 bridgehead atoms. The molecule has 0 aromatic carbocycles. The Bertz CT molecular complexity index is 465. The van der Waals surface area contributed by atoms with Crippen molar-refractivity contribution < 1.29 is 0 Å². The zero-order valence-corrected chi connectivity index (χ0v) is 10.1. The molecule has 0 saturated heterocycles. The lowest BCUT2D eigenvalue weighted by molar-refractivity contribution is 0.657. The molecule has 3 N–H and O–H groups in total. The molecule has 1 unspecified atom stereocenters. The van der Waals surface area contributed by atoms with Gasteiger partial charge in [-0.1, -0.05) is 6.92 Å². The number of rotatable bonds is 3. The Balaban J connectivity index is 2.38. The van der Waals surface area contributed by atoms with Gasteiger partial charge in [-0.3, -0.25) is 0 Å². The van der Waals surface area contributed by atoms with Crippen LogP contribution in [0.2, 0.25) is 0 Å². The molecule has 0 aliphatic carbocycles. The summed E-state index contributed by atoms with van der Waals surface area (Å²) in [6.07, 6.45) is 2.68. The quantitative estimate of drug-likeness (QED) is 0.897. The highest BCUT2D eigenvalue weighted by molar-refractivity contribution is 9.10. The number of nitrogens with one attached hydrogen (secondary N) is 1. The van der Waals surface area contributed by atoms with Gasteiger partial charge in [0, 0.05) is 16.6 Å². The largest absolute Gasteiger partial charge is 0.340 e. The SMILES string of the molecule is CC(CCN)c1nc2ncc(Br)cc2[nH]1. The smallest absolute Gasteiger partial charge is 0.177 e. The van der Waals surface area contributed by atoms with E-state index in [1.54, 1.807) is 6.20 Å². The van der Waals surface area contributed by atoms with Gasteiger partial charge in [0.15, 0.2) is 5.65 Å². The van der Waals surface area contributed by atoms with Crippen molar-refractivity contribution in [2.75, 3.05) is 6.54 Å². The Morgan fingerprint density at radius 1 is 1.60 bits per heavy atom. The van der Waals surface area contributed by atoms with Crippen LogP contribution in [0.5, 0.6) is 0 Å². The van der Waals surface area contributed by atoms with E-state index in [0.29, 0.717) is 12.5 Å². The number of pyridine rings is 1. The molecule has 0 amide bonds. The first-order valence-corrected chi connectivity index (χ1v) is 5.71. The van der Waals surface area contributed by atoms with Crippen LogP contribution in [0.4, 0.5) is 0 Å². The summed E-state index contributed by atoms with van der Waals surface area (Å²) in [5, 5.41) is 0. The fraction of sp³-hybridized carbons (Fsp3) is 0.400. The van der Waals surface area contributed by atoms with Crippen molar-refractivity contribution in [1.29, 1.82) is 0 Å². The molecule has 80 valence electrons. The van der Waals surface area contributed by atoms with Crippen LogP contribution in [0.1, 0.15) is 25.1 Å². The highest BCUT2D eigenvalue weighted by Crippen LogP contribution is 2.20. The van der Waals surface area contributed by atoms with Gasteiger partial charge >= 0.3 is 0 Å². The second-order valence-electron chi connectivity index (χ2n) is 3.63. The first-order valence-electron chi connectivity index (χ1n) is 4.92. The lowest BCUT2D eigenvalue weighted by Gasteiger charge is -2.04. The summed E-state index contributed by atoms with van der Waals surface area (Å²) >= 11 is 3.38. The molecule has 1 atom stereocenters. The number of nitrogens with zero attached hydrogens (tertiary/aromatic N) is 2. The van der Waals surface area contributed by atoms with E-state index in [1.165, 1.54) is 0 Å². The number of imidazole rings is 1. The Morgan fingerprint density at radius 2 is 2.40 bits per heavy atom. The second-order valence-corrected chi connectivity index (χ2v) is 4.54. The first kappa shape index (κ1) is 10.6. The first-order chi connectivity index (χ1) is 7.20. The van der Waals surface area contributed by atoms with Gasteiger partial charge < -0.3 is 10.7 Å². The van der Waals surface area contributed by atoms with Crippen molar-refractivity contribution in [3.63, 3.8) is 0 Å². The second kappa shape index (κ2) is 4.28. The van der Waals surface area contributed by atoms with Gasteiger partial charge in [0.2, 0.25) is 0 Å². The van der Waals surface area contributed by atoms with Crippen molar-refractivity contribution in [2.45, 2.75) is 19.3 Å². The average molecular weight is 269 g/mol. The highest BCUT2D eigenvalue weighted by atomic mass is 79.9. The lowest BCUT2D eigenvalue weighted by Crippen LogP contribution is -2.05. The molecular weight excluding hydrogens is 256 g/mol. The number of H-pyrrole nitrogens is 1. The minimum atomic E-state index is 0.350. The van der Waals surface area contributed by atoms with E-state index >= 15 is 0 Å². The van der Waals surface area contributed by atoms with Crippen LogP contribution in [0, 0.1) is 0 Å². The topological polar surface area (TPSA) is 67.6 Å². The van der Waals surface area contributed by atoms with E-state index in [2.05, 4.69) is 37.8 Å². The molecule has 5 heteroatoms. The van der Waals surface area contributed by atoms with Gasteiger partial charge in [-0.05, 0) is 35.0 Å². The molecule has 0 radical (unpaired) electrons. The third-order valence-corrected chi connectivity index (χ3v) is 2.82. The summed E-state index contributed by atoms with van der Waals surface area (Å²) in [4.78, 5) is 11.9. The Labute approximate surface area is 96.4 Å². The predicted octanol–water partition coefficient (Wildman–Crippen LogP) is 2.17. The third kappa shape index (κ3) is 2.18. The van der Waals surface area contributed by atoms with Gasteiger partial charge in [-0.2, -0.15) is 0 Å². The summed E-state index contributed by atoms with van der Waals surface area (Å²) in [5.41, 5.74) is 7.24. The summed E-state index contributed by atoms with van der Waals surface area (Å²) in [6, 6.07) is 1.98. The van der Waals surface area contributed by atoms with Gasteiger partial charge in [0.1, 0.15) is 5.82 Å². The van der Waals surface area contributed by atoms with Crippen LogP contribution >= 0.6 is 15.9 Å². The minimum absolute atomic E-state index is 0.350. The molecular formula is C10H13BrN4. The maximum atomic E-state index is 5.52. The van der Waals surface area contributed by atoms with Crippen molar-refractivity contribution in [1.82, 2.24) is 15.0 Å². The molecule has 4 nitrogen and oxygen atoms in total. The van der Waals surface area contributed by atoms with Gasteiger partial charge in [-0.25, -0.2) is 9.97 Å². The predicted molar refractivity (Wildman–Crippen MR) is 63.7 cm³/mol. The van der Waals surface area contributed by atoms with E-state index in [9.17, 15) is 0 Å². The van der Waals surface area contributed by atoms with Crippen LogP contribution < -0.4 is 5.73 Å². The Kier molecular flexibility index (Phi) is 3.02. The zero-order chi connectivity index (χ0) is 10.8. The van der Waals surface area contributed by atoms with E-state index in [-0.39, 0.29) is 0 Å². The fourth-order valence-electron chi connectivity index (χ4n) is 1.51. The van der Waals surface area contributed by atoms with Crippen LogP contribution in [0.15, 0.2) is 16.7 Å². The molecule has 0 spiro atoms. The van der Waals surface area contributed by atoms with Crippen molar-refractivity contribution >= 4 is 27.1 Å². The van der Waals surface area contributed by atoms with Crippen molar-refractivity contribution in [3.05, 3.63) is 22.6 Å². The van der Waals surface area contributed by atoms with Crippen molar-refractivity contribution in [3.8, 4) is 0 Å². The number of hydrogen-bond donors (Lipinski definition) is 2. The molecule has 0 aliphatic rings. The standard InChI is InChI=1S/C10H13BrN4/c1-6(2-3-12)9-14-8-4-7(11)5-13-10(8)15-9/h4-6H,2-3,12H2,1H3,(H,13,14,15). The maximum Gasteiger partial charge on any atom is 0.177 e. The minimum Gasteiger partial charge on any atom is -0.340 e. The molecule has 2 rings (SSSR count). The van der Waals surface area contributed by atoms with Crippen LogP contribution in [0.25, 0.3) is 11.2 Å². The molecule has 15 heavy (non-hydrogen) atoms. The molecule has 0 saturated carbocycles. The monoisotopic (exact) mass is 268 g/mol. The summed E-state index contributed by atoms with van der Waals surface area (Å²) in [7, 11) is 0. The van der Waals surface area contributed by atoms with E-state index in [1.807, 2.05) is 6.07 Å². The number of aromatic nitrogens is 3. The molecule has 2 aromatic heterocycles. The van der Waals surface area contributed by atoms with Gasteiger partial charge in [0.25, 0.3) is 0 Å². The number of aromatic amines is 1. The average Bonchev–Trinajstić information content (AvgIpc) is 2.60. The summed E-state index contributed by atoms with van der Waals surface area (Å²) in [5.74, 6) is 1.31. The molecule has 2 aromatic rings. The normalized spacial score (nSPS) is 13.3. The van der Waals surface area contributed by atoms with Gasteiger partial charge in [0.05, 0.1) is 5.52 Å². The highest BCUT2D eigenvalue weighted by Gasteiger charge is 2.10. The Hall–Kier alpha value is -0.940. The number of hydrogen-bond acceptors (Lipinski definition) is 3. The fourth-order valence-corrected chi connectivity index (χ4v) is 1.84. The van der Waals surface area contributed by atoms with Crippen LogP contribution in [-0.2, 0) is 0 Å². The van der Waals surface area contributed by atoms with Crippen LogP contribution in [-0.4, -0.2) is 21.5 Å². The third-order valence-electron chi connectivity index (χ3n) is 2.39. The van der Waals surface area contributed by atoms with E-state index in [4.69, 9.17) is 5.73 Å². The lowest BCUT2D eigenvalue weighted by atomic mass is 10.1. The molecule has 0 aliphatic heterocycles.